The molecule has 0 rings (SSSR count). The first-order chi connectivity index (χ1) is 6.23. The molecule has 0 saturated heterocycles. The van der Waals surface area contributed by atoms with Crippen molar-refractivity contribution < 1.29 is 13.2 Å². The van der Waals surface area contributed by atoms with E-state index < -0.39 is 27.5 Å². The van der Waals surface area contributed by atoms with Crippen LogP contribution < -0.4 is 11.1 Å². The predicted molar refractivity (Wildman–Crippen MR) is 55.6 cm³/mol. The molecule has 0 heterocycles. The maximum atomic E-state index is 11.3. The van der Waals surface area contributed by atoms with Crippen molar-refractivity contribution in [2.45, 2.75) is 32.9 Å². The fraction of sp³-hybridized carbons (Fsp3) is 0.875. The second-order valence-corrected chi connectivity index (χ2v) is 5.86. The van der Waals surface area contributed by atoms with Gasteiger partial charge in [0.15, 0.2) is 9.84 Å². The molecule has 0 aromatic rings. The topological polar surface area (TPSA) is 89.3 Å². The quantitative estimate of drug-likeness (QED) is 0.642. The van der Waals surface area contributed by atoms with Gasteiger partial charge in [-0.25, -0.2) is 8.42 Å². The third-order valence-corrected chi connectivity index (χ3v) is 3.05. The van der Waals surface area contributed by atoms with E-state index in [9.17, 15) is 13.2 Å². The summed E-state index contributed by atoms with van der Waals surface area (Å²) in [6, 6.07) is -0.486. The number of hydrogen-bond donors (Lipinski definition) is 2. The lowest BCUT2D eigenvalue weighted by Crippen LogP contribution is -2.38. The Morgan fingerprint density at radius 3 is 2.21 bits per heavy atom. The van der Waals surface area contributed by atoms with E-state index in [0.29, 0.717) is 0 Å². The minimum Gasteiger partial charge on any atom is -0.353 e. The Labute approximate surface area is 85.0 Å². The van der Waals surface area contributed by atoms with Gasteiger partial charge in [0.1, 0.15) is 5.75 Å². The SMILES string of the molecule is CC(N)CS(=O)(=O)CC(=O)NC(C)C. The van der Waals surface area contributed by atoms with E-state index in [1.54, 1.807) is 20.8 Å². The van der Waals surface area contributed by atoms with Crippen molar-refractivity contribution in [2.75, 3.05) is 11.5 Å². The lowest BCUT2D eigenvalue weighted by Gasteiger charge is -2.09. The predicted octanol–water partition coefficient (Wildman–Crippen LogP) is -0.727. The van der Waals surface area contributed by atoms with Crippen LogP contribution in [0.3, 0.4) is 0 Å². The highest BCUT2D eigenvalue weighted by Gasteiger charge is 2.18. The summed E-state index contributed by atoms with van der Waals surface area (Å²) in [7, 11) is -3.36. The van der Waals surface area contributed by atoms with E-state index in [1.807, 2.05) is 0 Å². The lowest BCUT2D eigenvalue weighted by atomic mass is 10.4. The Morgan fingerprint density at radius 1 is 1.36 bits per heavy atom. The molecule has 5 nitrogen and oxygen atoms in total. The van der Waals surface area contributed by atoms with E-state index in [0.717, 1.165) is 0 Å². The van der Waals surface area contributed by atoms with Gasteiger partial charge in [0.2, 0.25) is 5.91 Å². The minimum atomic E-state index is -3.36. The van der Waals surface area contributed by atoms with Gasteiger partial charge in [0, 0.05) is 12.1 Å². The molecule has 1 unspecified atom stereocenters. The molecule has 0 aliphatic heterocycles. The normalized spacial score (nSPS) is 14.1. The summed E-state index contributed by atoms with van der Waals surface area (Å²) >= 11 is 0. The van der Waals surface area contributed by atoms with Crippen molar-refractivity contribution in [1.82, 2.24) is 5.32 Å². The molecule has 84 valence electrons. The summed E-state index contributed by atoms with van der Waals surface area (Å²) in [5, 5.41) is 2.51. The maximum absolute atomic E-state index is 11.3. The number of carbonyl (C=O) groups excluding carboxylic acids is 1. The summed E-state index contributed by atoms with van der Waals surface area (Å²) in [5.74, 6) is -1.11. The van der Waals surface area contributed by atoms with Crippen LogP contribution in [-0.2, 0) is 14.6 Å². The van der Waals surface area contributed by atoms with Crippen molar-refractivity contribution >= 4 is 15.7 Å². The molecule has 0 aromatic heterocycles. The number of hydrogen-bond acceptors (Lipinski definition) is 4. The molecule has 0 bridgehead atoms. The molecule has 0 saturated carbocycles. The molecule has 0 spiro atoms. The van der Waals surface area contributed by atoms with Crippen molar-refractivity contribution in [2.24, 2.45) is 5.73 Å². The van der Waals surface area contributed by atoms with E-state index in [-0.39, 0.29) is 11.8 Å². The molecule has 0 aromatic carbocycles. The van der Waals surface area contributed by atoms with Crippen LogP contribution in [0.1, 0.15) is 20.8 Å². The van der Waals surface area contributed by atoms with E-state index in [1.165, 1.54) is 0 Å². The lowest BCUT2D eigenvalue weighted by molar-refractivity contribution is -0.119. The van der Waals surface area contributed by atoms with E-state index in [2.05, 4.69) is 5.32 Å². The van der Waals surface area contributed by atoms with Crippen LogP contribution in [0.25, 0.3) is 0 Å². The van der Waals surface area contributed by atoms with Gasteiger partial charge in [-0.3, -0.25) is 4.79 Å². The highest BCUT2D eigenvalue weighted by atomic mass is 32.2. The zero-order valence-electron chi connectivity index (χ0n) is 8.78. The molecule has 14 heavy (non-hydrogen) atoms. The average molecular weight is 222 g/mol. The molecule has 0 aliphatic rings. The summed E-state index contributed by atoms with van der Waals surface area (Å²) in [4.78, 5) is 11.1. The number of sulfone groups is 1. The Hall–Kier alpha value is -0.620. The van der Waals surface area contributed by atoms with Gasteiger partial charge in [0.05, 0.1) is 5.75 Å². The number of carbonyl (C=O) groups is 1. The van der Waals surface area contributed by atoms with Crippen LogP contribution in [0.5, 0.6) is 0 Å². The van der Waals surface area contributed by atoms with Crippen LogP contribution in [0.2, 0.25) is 0 Å². The molecular weight excluding hydrogens is 204 g/mol. The largest absolute Gasteiger partial charge is 0.353 e. The fourth-order valence-electron chi connectivity index (χ4n) is 1.02. The van der Waals surface area contributed by atoms with Gasteiger partial charge in [-0.1, -0.05) is 0 Å². The zero-order chi connectivity index (χ0) is 11.4. The van der Waals surface area contributed by atoms with Crippen LogP contribution in [0.15, 0.2) is 0 Å². The third kappa shape index (κ3) is 6.85. The van der Waals surface area contributed by atoms with Gasteiger partial charge in [-0.15, -0.1) is 0 Å². The van der Waals surface area contributed by atoms with Crippen molar-refractivity contribution in [3.8, 4) is 0 Å². The van der Waals surface area contributed by atoms with Crippen molar-refractivity contribution in [3.05, 3.63) is 0 Å². The highest BCUT2D eigenvalue weighted by molar-refractivity contribution is 7.92. The summed E-state index contributed by atoms with van der Waals surface area (Å²) in [6.07, 6.45) is 0. The van der Waals surface area contributed by atoms with E-state index >= 15 is 0 Å². The van der Waals surface area contributed by atoms with Crippen molar-refractivity contribution in [3.63, 3.8) is 0 Å². The number of nitrogens with two attached hydrogens (primary N) is 1. The fourth-order valence-corrected chi connectivity index (χ4v) is 2.42. The molecule has 0 fully saturated rings. The average Bonchev–Trinajstić information content (AvgIpc) is 1.77. The molecule has 1 amide bonds. The summed E-state index contributed by atoms with van der Waals surface area (Å²) in [6.45, 7) is 5.14. The smallest absolute Gasteiger partial charge is 0.235 e. The number of amides is 1. The number of nitrogens with one attached hydrogen (secondary N) is 1. The summed E-state index contributed by atoms with van der Waals surface area (Å²) in [5.41, 5.74) is 5.34. The van der Waals surface area contributed by atoms with Crippen molar-refractivity contribution in [1.29, 1.82) is 0 Å². The van der Waals surface area contributed by atoms with Gasteiger partial charge in [-0.05, 0) is 20.8 Å². The Bertz CT molecular complexity index is 283. The standard InChI is InChI=1S/C8H18N2O3S/c1-6(2)10-8(11)5-14(12,13)4-7(3)9/h6-7H,4-5,9H2,1-3H3,(H,10,11). The zero-order valence-corrected chi connectivity index (χ0v) is 9.60. The Balaban J connectivity index is 4.17. The summed E-state index contributed by atoms with van der Waals surface area (Å²) < 4.78 is 22.6. The maximum Gasteiger partial charge on any atom is 0.235 e. The van der Waals surface area contributed by atoms with Crippen LogP contribution in [-0.4, -0.2) is 37.9 Å². The van der Waals surface area contributed by atoms with Gasteiger partial charge >= 0.3 is 0 Å². The molecule has 3 N–H and O–H groups in total. The molecular formula is C8H18N2O3S. The highest BCUT2D eigenvalue weighted by Crippen LogP contribution is 1.93. The molecule has 0 aliphatic carbocycles. The minimum absolute atomic E-state index is 0.0481. The first-order valence-electron chi connectivity index (χ1n) is 4.48. The first-order valence-corrected chi connectivity index (χ1v) is 6.30. The Morgan fingerprint density at radius 2 is 1.86 bits per heavy atom. The van der Waals surface area contributed by atoms with E-state index in [4.69, 9.17) is 5.73 Å². The van der Waals surface area contributed by atoms with Crippen LogP contribution in [0, 0.1) is 0 Å². The second-order valence-electron chi connectivity index (χ2n) is 3.75. The van der Waals surface area contributed by atoms with Crippen LogP contribution in [0.4, 0.5) is 0 Å². The first kappa shape index (κ1) is 13.4. The molecule has 0 radical (unpaired) electrons. The Kier molecular flexibility index (Phi) is 5.07. The molecule has 1 atom stereocenters. The number of rotatable bonds is 5. The molecule has 6 heteroatoms. The van der Waals surface area contributed by atoms with Gasteiger partial charge < -0.3 is 11.1 Å². The second kappa shape index (κ2) is 5.31. The van der Waals surface area contributed by atoms with Crippen LogP contribution >= 0.6 is 0 Å². The van der Waals surface area contributed by atoms with Gasteiger partial charge in [0.25, 0.3) is 0 Å². The van der Waals surface area contributed by atoms with Gasteiger partial charge in [-0.2, -0.15) is 0 Å². The monoisotopic (exact) mass is 222 g/mol. The third-order valence-electron chi connectivity index (χ3n) is 1.32.